The maximum atomic E-state index is 2.82. The molecule has 0 radical (unpaired) electrons. The van der Waals surface area contributed by atoms with Crippen LogP contribution in [-0.4, -0.2) is 48.1 Å². The molecule has 1 aliphatic carbocycles. The van der Waals surface area contributed by atoms with Gasteiger partial charge in [0.1, 0.15) is 0 Å². The highest BCUT2D eigenvalue weighted by Crippen LogP contribution is 2.52. The molecule has 2 saturated heterocycles. The minimum atomic E-state index is 0.686. The molecule has 0 aromatic rings. The van der Waals surface area contributed by atoms with Gasteiger partial charge in [-0.25, -0.2) is 0 Å². The fourth-order valence-electron chi connectivity index (χ4n) is 4.12. The molecule has 3 fully saturated rings. The summed E-state index contributed by atoms with van der Waals surface area (Å²) in [5, 5.41) is 0. The van der Waals surface area contributed by atoms with Crippen LogP contribution in [0.2, 0.25) is 0 Å². The highest BCUT2D eigenvalue weighted by Gasteiger charge is 2.48. The van der Waals surface area contributed by atoms with Crippen molar-refractivity contribution in [3.63, 3.8) is 0 Å². The number of hydrogen-bond acceptors (Lipinski definition) is 2. The number of nitrogens with zero attached hydrogens (tertiary/aromatic N) is 2. The van der Waals surface area contributed by atoms with Crippen LogP contribution in [0.25, 0.3) is 0 Å². The Morgan fingerprint density at radius 1 is 1.17 bits per heavy atom. The van der Waals surface area contributed by atoms with Gasteiger partial charge in [-0.3, -0.25) is 9.80 Å². The van der Waals surface area contributed by atoms with E-state index in [4.69, 9.17) is 0 Å². The van der Waals surface area contributed by atoms with Crippen LogP contribution in [-0.2, 0) is 0 Å². The lowest BCUT2D eigenvalue weighted by molar-refractivity contribution is 0.000945. The normalized spacial score (nSPS) is 36.7. The standard InChI is InChI=1S/C16H30N2/c1-13(2)16(7-8-16)12-18-11-15-6-4-5-9-17(15)10-14(18)3/h13-15H,4-12H2,1-3H3. The van der Waals surface area contributed by atoms with E-state index in [1.807, 2.05) is 0 Å². The predicted molar refractivity (Wildman–Crippen MR) is 76.8 cm³/mol. The van der Waals surface area contributed by atoms with Gasteiger partial charge in [-0.05, 0) is 50.5 Å². The zero-order valence-electron chi connectivity index (χ0n) is 12.5. The van der Waals surface area contributed by atoms with Gasteiger partial charge in [-0.15, -0.1) is 0 Å². The summed E-state index contributed by atoms with van der Waals surface area (Å²) in [6, 6.07) is 1.65. The molecule has 2 nitrogen and oxygen atoms in total. The Hall–Kier alpha value is -0.0800. The summed E-state index contributed by atoms with van der Waals surface area (Å²) in [5.74, 6) is 0.870. The molecule has 2 aliphatic heterocycles. The minimum absolute atomic E-state index is 0.686. The first-order valence-corrected chi connectivity index (χ1v) is 8.09. The Balaban J connectivity index is 1.62. The van der Waals surface area contributed by atoms with Gasteiger partial charge in [0.15, 0.2) is 0 Å². The summed E-state index contributed by atoms with van der Waals surface area (Å²) in [5.41, 5.74) is 0.686. The molecule has 0 aromatic carbocycles. The van der Waals surface area contributed by atoms with Crippen molar-refractivity contribution in [2.75, 3.05) is 26.2 Å². The molecule has 2 heteroatoms. The Morgan fingerprint density at radius 3 is 2.61 bits per heavy atom. The third kappa shape index (κ3) is 2.34. The van der Waals surface area contributed by atoms with Crippen molar-refractivity contribution in [1.82, 2.24) is 9.80 Å². The van der Waals surface area contributed by atoms with Gasteiger partial charge in [0.25, 0.3) is 0 Å². The number of piperidine rings is 1. The van der Waals surface area contributed by atoms with Gasteiger partial charge in [0.2, 0.25) is 0 Å². The van der Waals surface area contributed by atoms with Crippen LogP contribution >= 0.6 is 0 Å². The van der Waals surface area contributed by atoms with E-state index >= 15 is 0 Å². The predicted octanol–water partition coefficient (Wildman–Crippen LogP) is 2.98. The van der Waals surface area contributed by atoms with E-state index in [9.17, 15) is 0 Å². The monoisotopic (exact) mass is 250 g/mol. The van der Waals surface area contributed by atoms with E-state index in [1.54, 1.807) is 0 Å². The Morgan fingerprint density at radius 2 is 1.94 bits per heavy atom. The second-order valence-corrected chi connectivity index (χ2v) is 7.44. The molecule has 0 N–H and O–H groups in total. The lowest BCUT2D eigenvalue weighted by atomic mass is 9.89. The van der Waals surface area contributed by atoms with Gasteiger partial charge in [0, 0.05) is 31.7 Å². The Kier molecular flexibility index (Phi) is 3.44. The molecule has 18 heavy (non-hydrogen) atoms. The molecule has 2 atom stereocenters. The summed E-state index contributed by atoms with van der Waals surface area (Å²) >= 11 is 0. The molecular formula is C16H30N2. The van der Waals surface area contributed by atoms with Crippen molar-refractivity contribution in [1.29, 1.82) is 0 Å². The van der Waals surface area contributed by atoms with Gasteiger partial charge < -0.3 is 0 Å². The molecule has 0 bridgehead atoms. The largest absolute Gasteiger partial charge is 0.298 e. The van der Waals surface area contributed by atoms with Crippen LogP contribution in [0.1, 0.15) is 52.9 Å². The third-order valence-corrected chi connectivity index (χ3v) is 5.95. The van der Waals surface area contributed by atoms with E-state index in [0.29, 0.717) is 5.41 Å². The summed E-state index contributed by atoms with van der Waals surface area (Å²) < 4.78 is 0. The van der Waals surface area contributed by atoms with Gasteiger partial charge in [-0.1, -0.05) is 20.3 Å². The average molecular weight is 250 g/mol. The Bertz CT molecular complexity index is 295. The van der Waals surface area contributed by atoms with Gasteiger partial charge in [-0.2, -0.15) is 0 Å². The SMILES string of the molecule is CC1CN2CCCCC2CN1CC1(C(C)C)CC1. The van der Waals surface area contributed by atoms with E-state index in [-0.39, 0.29) is 0 Å². The van der Waals surface area contributed by atoms with Crippen molar-refractivity contribution < 1.29 is 0 Å². The molecule has 3 rings (SSSR count). The molecule has 0 aromatic heterocycles. The highest BCUT2D eigenvalue weighted by molar-refractivity contribution is 5.00. The number of rotatable bonds is 3. The third-order valence-electron chi connectivity index (χ3n) is 5.95. The van der Waals surface area contributed by atoms with E-state index in [0.717, 1.165) is 18.0 Å². The van der Waals surface area contributed by atoms with Gasteiger partial charge >= 0.3 is 0 Å². The average Bonchev–Trinajstić information content (AvgIpc) is 3.11. The molecule has 2 heterocycles. The molecule has 0 amide bonds. The van der Waals surface area contributed by atoms with E-state index < -0.39 is 0 Å². The molecule has 3 aliphatic rings. The molecule has 0 spiro atoms. The molecule has 104 valence electrons. The smallest absolute Gasteiger partial charge is 0.0223 e. The molecular weight excluding hydrogens is 220 g/mol. The summed E-state index contributed by atoms with van der Waals surface area (Å²) in [4.78, 5) is 5.58. The second-order valence-electron chi connectivity index (χ2n) is 7.44. The maximum absolute atomic E-state index is 2.82. The summed E-state index contributed by atoms with van der Waals surface area (Å²) in [6.45, 7) is 12.7. The number of piperazine rings is 1. The lowest BCUT2D eigenvalue weighted by Gasteiger charge is -2.48. The summed E-state index contributed by atoms with van der Waals surface area (Å²) in [7, 11) is 0. The quantitative estimate of drug-likeness (QED) is 0.760. The number of fused-ring (bicyclic) bond motifs is 1. The zero-order chi connectivity index (χ0) is 12.8. The molecule has 2 unspecified atom stereocenters. The van der Waals surface area contributed by atoms with E-state index in [2.05, 4.69) is 30.6 Å². The van der Waals surface area contributed by atoms with Crippen molar-refractivity contribution in [2.45, 2.75) is 65.0 Å². The first kappa shape index (κ1) is 12.9. The maximum Gasteiger partial charge on any atom is 0.0223 e. The topological polar surface area (TPSA) is 6.48 Å². The summed E-state index contributed by atoms with van der Waals surface area (Å²) in [6.07, 6.45) is 7.28. The van der Waals surface area contributed by atoms with Crippen LogP contribution in [0.4, 0.5) is 0 Å². The fraction of sp³-hybridized carbons (Fsp3) is 1.00. The van der Waals surface area contributed by atoms with Crippen LogP contribution in [0.15, 0.2) is 0 Å². The highest BCUT2D eigenvalue weighted by atomic mass is 15.3. The van der Waals surface area contributed by atoms with Crippen molar-refractivity contribution in [2.24, 2.45) is 11.3 Å². The van der Waals surface area contributed by atoms with Crippen LogP contribution in [0, 0.1) is 11.3 Å². The van der Waals surface area contributed by atoms with Gasteiger partial charge in [0.05, 0.1) is 0 Å². The Labute approximate surface area is 113 Å². The van der Waals surface area contributed by atoms with Crippen molar-refractivity contribution >= 4 is 0 Å². The fourth-order valence-corrected chi connectivity index (χ4v) is 4.12. The minimum Gasteiger partial charge on any atom is -0.298 e. The van der Waals surface area contributed by atoms with E-state index in [1.165, 1.54) is 58.3 Å². The first-order chi connectivity index (χ1) is 8.61. The zero-order valence-corrected chi connectivity index (χ0v) is 12.5. The van der Waals surface area contributed by atoms with Crippen molar-refractivity contribution in [3.05, 3.63) is 0 Å². The number of hydrogen-bond donors (Lipinski definition) is 0. The second kappa shape index (κ2) is 4.79. The van der Waals surface area contributed by atoms with Crippen molar-refractivity contribution in [3.8, 4) is 0 Å². The molecule has 1 saturated carbocycles. The van der Waals surface area contributed by atoms with Crippen LogP contribution in [0.3, 0.4) is 0 Å². The van der Waals surface area contributed by atoms with Crippen LogP contribution in [0.5, 0.6) is 0 Å². The first-order valence-electron chi connectivity index (χ1n) is 8.09. The lowest BCUT2D eigenvalue weighted by Crippen LogP contribution is -2.59. The van der Waals surface area contributed by atoms with Crippen LogP contribution < -0.4 is 0 Å².